The second-order valence-electron chi connectivity index (χ2n) is 5.47. The average Bonchev–Trinajstić information content (AvgIpc) is 2.93. The standard InChI is InChI=1S/C16H21N5/c1-17-14-10-15(18-13-8-9-21(2)11-13)20-16(19-14)12-6-4-3-5-7-12/h3-7,10,13H,8-9,11H2,1-2H3,(H2,17,18,19,20). The zero-order valence-electron chi connectivity index (χ0n) is 12.5. The third kappa shape index (κ3) is 3.31. The largest absolute Gasteiger partial charge is 0.373 e. The van der Waals surface area contributed by atoms with Gasteiger partial charge in [-0.15, -0.1) is 0 Å². The quantitative estimate of drug-likeness (QED) is 0.902. The van der Waals surface area contributed by atoms with Crippen LogP contribution in [0.4, 0.5) is 11.6 Å². The summed E-state index contributed by atoms with van der Waals surface area (Å²) in [5.74, 6) is 2.46. The smallest absolute Gasteiger partial charge is 0.163 e. The van der Waals surface area contributed by atoms with Crippen molar-refractivity contribution < 1.29 is 0 Å². The Balaban J connectivity index is 1.86. The van der Waals surface area contributed by atoms with Crippen molar-refractivity contribution >= 4 is 11.6 Å². The molecule has 0 radical (unpaired) electrons. The highest BCUT2D eigenvalue weighted by atomic mass is 15.2. The molecule has 1 saturated heterocycles. The first-order chi connectivity index (χ1) is 10.2. The first-order valence-corrected chi connectivity index (χ1v) is 7.32. The van der Waals surface area contributed by atoms with Crippen molar-refractivity contribution in [3.8, 4) is 11.4 Å². The van der Waals surface area contributed by atoms with Gasteiger partial charge in [0.25, 0.3) is 0 Å². The summed E-state index contributed by atoms with van der Waals surface area (Å²) in [4.78, 5) is 11.5. The fourth-order valence-electron chi connectivity index (χ4n) is 2.63. The van der Waals surface area contributed by atoms with Crippen molar-refractivity contribution in [2.75, 3.05) is 37.8 Å². The molecule has 1 aliphatic rings. The summed E-state index contributed by atoms with van der Waals surface area (Å²) >= 11 is 0. The van der Waals surface area contributed by atoms with Gasteiger partial charge < -0.3 is 15.5 Å². The SMILES string of the molecule is CNc1cc(NC2CCN(C)C2)nc(-c2ccccc2)n1. The third-order valence-corrected chi connectivity index (χ3v) is 3.76. The molecule has 1 unspecified atom stereocenters. The van der Waals surface area contributed by atoms with Gasteiger partial charge >= 0.3 is 0 Å². The van der Waals surface area contributed by atoms with Crippen molar-refractivity contribution in [3.63, 3.8) is 0 Å². The van der Waals surface area contributed by atoms with Crippen LogP contribution in [-0.4, -0.2) is 48.1 Å². The van der Waals surface area contributed by atoms with Gasteiger partial charge in [-0.25, -0.2) is 9.97 Å². The van der Waals surface area contributed by atoms with Gasteiger partial charge in [0, 0.05) is 31.3 Å². The van der Waals surface area contributed by atoms with E-state index in [2.05, 4.69) is 32.5 Å². The maximum Gasteiger partial charge on any atom is 0.163 e. The first-order valence-electron chi connectivity index (χ1n) is 7.32. The Kier molecular flexibility index (Phi) is 4.01. The van der Waals surface area contributed by atoms with E-state index in [9.17, 15) is 0 Å². The molecule has 1 fully saturated rings. The minimum atomic E-state index is 0.457. The molecule has 1 aliphatic heterocycles. The summed E-state index contributed by atoms with van der Waals surface area (Å²) in [7, 11) is 4.03. The van der Waals surface area contributed by atoms with Gasteiger partial charge in [-0.1, -0.05) is 30.3 Å². The van der Waals surface area contributed by atoms with Gasteiger partial charge in [0.1, 0.15) is 11.6 Å². The second-order valence-corrected chi connectivity index (χ2v) is 5.47. The number of likely N-dealkylation sites (tertiary alicyclic amines) is 1. The Morgan fingerprint density at radius 3 is 2.57 bits per heavy atom. The minimum absolute atomic E-state index is 0.457. The third-order valence-electron chi connectivity index (χ3n) is 3.76. The number of hydrogen-bond donors (Lipinski definition) is 2. The predicted molar refractivity (Wildman–Crippen MR) is 86.5 cm³/mol. The molecule has 21 heavy (non-hydrogen) atoms. The van der Waals surface area contributed by atoms with E-state index in [1.165, 1.54) is 0 Å². The lowest BCUT2D eigenvalue weighted by Crippen LogP contribution is -2.24. The maximum atomic E-state index is 4.66. The Bertz CT molecular complexity index is 599. The number of rotatable bonds is 4. The van der Waals surface area contributed by atoms with Crippen LogP contribution in [0.5, 0.6) is 0 Å². The lowest BCUT2D eigenvalue weighted by Gasteiger charge is -2.15. The summed E-state index contributed by atoms with van der Waals surface area (Å²) in [6.45, 7) is 2.19. The maximum absolute atomic E-state index is 4.66. The van der Waals surface area contributed by atoms with Crippen molar-refractivity contribution in [1.29, 1.82) is 0 Å². The van der Waals surface area contributed by atoms with Crippen molar-refractivity contribution in [2.24, 2.45) is 0 Å². The highest BCUT2D eigenvalue weighted by molar-refractivity contribution is 5.61. The van der Waals surface area contributed by atoms with E-state index in [0.29, 0.717) is 6.04 Å². The Labute approximate surface area is 125 Å². The lowest BCUT2D eigenvalue weighted by atomic mass is 10.2. The van der Waals surface area contributed by atoms with Crippen LogP contribution in [0.15, 0.2) is 36.4 Å². The minimum Gasteiger partial charge on any atom is -0.373 e. The van der Waals surface area contributed by atoms with E-state index in [0.717, 1.165) is 42.5 Å². The molecule has 0 spiro atoms. The monoisotopic (exact) mass is 283 g/mol. The van der Waals surface area contributed by atoms with E-state index < -0.39 is 0 Å². The average molecular weight is 283 g/mol. The van der Waals surface area contributed by atoms with Crippen molar-refractivity contribution in [1.82, 2.24) is 14.9 Å². The fourth-order valence-corrected chi connectivity index (χ4v) is 2.63. The van der Waals surface area contributed by atoms with Crippen molar-refractivity contribution in [3.05, 3.63) is 36.4 Å². The molecule has 0 amide bonds. The van der Waals surface area contributed by atoms with Crippen LogP contribution in [0.25, 0.3) is 11.4 Å². The number of anilines is 2. The van der Waals surface area contributed by atoms with Crippen molar-refractivity contribution in [2.45, 2.75) is 12.5 Å². The number of aromatic nitrogens is 2. The normalized spacial score (nSPS) is 18.7. The van der Waals surface area contributed by atoms with Gasteiger partial charge in [0.05, 0.1) is 0 Å². The summed E-state index contributed by atoms with van der Waals surface area (Å²) in [5.41, 5.74) is 1.03. The number of benzene rings is 1. The molecule has 0 bridgehead atoms. The van der Waals surface area contributed by atoms with E-state index in [4.69, 9.17) is 0 Å². The zero-order valence-corrected chi connectivity index (χ0v) is 12.5. The molecule has 5 heteroatoms. The Morgan fingerprint density at radius 1 is 1.14 bits per heavy atom. The van der Waals surface area contributed by atoms with Crippen LogP contribution in [-0.2, 0) is 0 Å². The molecule has 1 atom stereocenters. The highest BCUT2D eigenvalue weighted by Crippen LogP contribution is 2.21. The molecular weight excluding hydrogens is 262 g/mol. The second kappa shape index (κ2) is 6.10. The van der Waals surface area contributed by atoms with E-state index in [1.54, 1.807) is 0 Å². The van der Waals surface area contributed by atoms with Gasteiger partial charge in [0.15, 0.2) is 5.82 Å². The summed E-state index contributed by atoms with van der Waals surface area (Å²) in [6.07, 6.45) is 1.15. The van der Waals surface area contributed by atoms with E-state index in [-0.39, 0.29) is 0 Å². The number of nitrogens with zero attached hydrogens (tertiary/aromatic N) is 3. The number of nitrogens with one attached hydrogen (secondary N) is 2. The molecule has 110 valence electrons. The molecular formula is C16H21N5. The number of hydrogen-bond acceptors (Lipinski definition) is 5. The number of likely N-dealkylation sites (N-methyl/N-ethyl adjacent to an activating group) is 1. The van der Waals surface area contributed by atoms with Crippen LogP contribution in [0.3, 0.4) is 0 Å². The predicted octanol–water partition coefficient (Wildman–Crippen LogP) is 2.30. The summed E-state index contributed by atoms with van der Waals surface area (Å²) in [6, 6.07) is 12.5. The Morgan fingerprint density at radius 2 is 1.90 bits per heavy atom. The van der Waals surface area contributed by atoms with E-state index in [1.807, 2.05) is 43.4 Å². The van der Waals surface area contributed by atoms with Gasteiger partial charge in [-0.3, -0.25) is 0 Å². The molecule has 0 saturated carbocycles. The van der Waals surface area contributed by atoms with Crippen LogP contribution in [0.1, 0.15) is 6.42 Å². The van der Waals surface area contributed by atoms with Crippen LogP contribution >= 0.6 is 0 Å². The molecule has 5 nitrogen and oxygen atoms in total. The summed E-state index contributed by atoms with van der Waals surface area (Å²) in [5, 5.41) is 6.63. The van der Waals surface area contributed by atoms with Crippen LogP contribution < -0.4 is 10.6 Å². The molecule has 3 rings (SSSR count). The summed E-state index contributed by atoms with van der Waals surface area (Å²) < 4.78 is 0. The van der Waals surface area contributed by atoms with E-state index >= 15 is 0 Å². The van der Waals surface area contributed by atoms with Gasteiger partial charge in [-0.2, -0.15) is 0 Å². The van der Waals surface area contributed by atoms with Gasteiger partial charge in [-0.05, 0) is 20.0 Å². The van der Waals surface area contributed by atoms with Crippen LogP contribution in [0, 0.1) is 0 Å². The Hall–Kier alpha value is -2.14. The molecule has 0 aliphatic carbocycles. The zero-order chi connectivity index (χ0) is 14.7. The van der Waals surface area contributed by atoms with Gasteiger partial charge in [0.2, 0.25) is 0 Å². The highest BCUT2D eigenvalue weighted by Gasteiger charge is 2.20. The fraction of sp³-hybridized carbons (Fsp3) is 0.375. The molecule has 2 N–H and O–H groups in total. The molecule has 2 aromatic rings. The molecule has 1 aromatic carbocycles. The first kappa shape index (κ1) is 13.8. The lowest BCUT2D eigenvalue weighted by molar-refractivity contribution is 0.414. The molecule has 1 aromatic heterocycles. The molecule has 2 heterocycles. The topological polar surface area (TPSA) is 53.1 Å². The van der Waals surface area contributed by atoms with Crippen LogP contribution in [0.2, 0.25) is 0 Å².